The predicted molar refractivity (Wildman–Crippen MR) is 80.3 cm³/mol. The number of carbonyl (C=O) groups excluding carboxylic acids is 1. The Bertz CT molecular complexity index is 486. The highest BCUT2D eigenvalue weighted by Crippen LogP contribution is 2.12. The zero-order valence-electron chi connectivity index (χ0n) is 12.8. The molecule has 2 N–H and O–H groups in total. The molecular weight excluding hydrogens is 270 g/mol. The van der Waals surface area contributed by atoms with E-state index in [4.69, 9.17) is 10.5 Å². The minimum Gasteiger partial charge on any atom is -0.373 e. The number of hydrogen-bond donors (Lipinski definition) is 1. The first-order chi connectivity index (χ1) is 9.95. The fourth-order valence-electron chi connectivity index (χ4n) is 2.53. The first-order valence-corrected chi connectivity index (χ1v) is 7.16. The van der Waals surface area contributed by atoms with Crippen molar-refractivity contribution >= 4 is 11.7 Å². The molecule has 21 heavy (non-hydrogen) atoms. The van der Waals surface area contributed by atoms with E-state index in [1.807, 2.05) is 11.9 Å². The smallest absolute Gasteiger partial charge is 0.268 e. The Balaban J connectivity index is 1.91. The highest BCUT2D eigenvalue weighted by molar-refractivity contribution is 5.90. The van der Waals surface area contributed by atoms with Crippen LogP contribution >= 0.6 is 0 Å². The number of amides is 1. The molecule has 1 amide bonds. The number of morpholine rings is 1. The van der Waals surface area contributed by atoms with Gasteiger partial charge in [-0.2, -0.15) is 0 Å². The zero-order valence-corrected chi connectivity index (χ0v) is 12.8. The molecule has 0 bridgehead atoms. The minimum atomic E-state index is -0.562. The Kier molecular flexibility index (Phi) is 5.08. The van der Waals surface area contributed by atoms with E-state index in [0.717, 1.165) is 26.2 Å². The lowest BCUT2D eigenvalue weighted by Crippen LogP contribution is -2.47. The number of hydrogen-bond acceptors (Lipinski definition) is 6. The molecule has 1 aromatic heterocycles. The lowest BCUT2D eigenvalue weighted by molar-refractivity contribution is -0.0670. The van der Waals surface area contributed by atoms with Crippen LogP contribution < -0.4 is 10.6 Å². The van der Waals surface area contributed by atoms with Gasteiger partial charge in [0.15, 0.2) is 0 Å². The Hall–Kier alpha value is -1.73. The van der Waals surface area contributed by atoms with E-state index in [1.165, 1.54) is 6.20 Å². The van der Waals surface area contributed by atoms with Gasteiger partial charge in [-0.3, -0.25) is 14.7 Å². The van der Waals surface area contributed by atoms with Crippen molar-refractivity contribution in [1.82, 2.24) is 14.9 Å². The molecule has 1 saturated heterocycles. The third kappa shape index (κ3) is 4.37. The summed E-state index contributed by atoms with van der Waals surface area (Å²) in [5.74, 6) is 0.0919. The molecule has 1 aromatic rings. The van der Waals surface area contributed by atoms with Crippen LogP contribution in [0.2, 0.25) is 0 Å². The van der Waals surface area contributed by atoms with E-state index < -0.39 is 5.91 Å². The first-order valence-electron chi connectivity index (χ1n) is 7.16. The molecule has 0 spiro atoms. The second-order valence-corrected chi connectivity index (χ2v) is 5.57. The molecule has 2 rings (SSSR count). The van der Waals surface area contributed by atoms with E-state index in [0.29, 0.717) is 5.82 Å². The molecule has 116 valence electrons. The van der Waals surface area contributed by atoms with Gasteiger partial charge in [-0.25, -0.2) is 4.98 Å². The van der Waals surface area contributed by atoms with E-state index in [2.05, 4.69) is 28.7 Å². The summed E-state index contributed by atoms with van der Waals surface area (Å²) in [6.07, 6.45) is 3.54. The fourth-order valence-corrected chi connectivity index (χ4v) is 2.53. The highest BCUT2D eigenvalue weighted by Gasteiger charge is 2.22. The Labute approximate surface area is 125 Å². The van der Waals surface area contributed by atoms with Crippen LogP contribution in [0, 0.1) is 0 Å². The predicted octanol–water partition coefficient (Wildman–Crippen LogP) is 0.121. The summed E-state index contributed by atoms with van der Waals surface area (Å²) in [7, 11) is 1.93. The van der Waals surface area contributed by atoms with E-state index in [9.17, 15) is 4.79 Å². The number of rotatable bonds is 5. The van der Waals surface area contributed by atoms with Crippen LogP contribution in [0.25, 0.3) is 0 Å². The summed E-state index contributed by atoms with van der Waals surface area (Å²) < 4.78 is 5.72. The summed E-state index contributed by atoms with van der Waals surface area (Å²) in [6.45, 7) is 7.77. The monoisotopic (exact) mass is 293 g/mol. The Morgan fingerprint density at radius 2 is 2.10 bits per heavy atom. The maximum atomic E-state index is 11.1. The second kappa shape index (κ2) is 6.82. The summed E-state index contributed by atoms with van der Waals surface area (Å²) in [5.41, 5.74) is 5.41. The van der Waals surface area contributed by atoms with Crippen molar-refractivity contribution in [2.75, 3.05) is 38.1 Å². The molecule has 0 aromatic carbocycles. The first kappa shape index (κ1) is 15.7. The standard InChI is InChI=1S/C14H23N5O2/c1-10-8-19(9-11(2)21-10)5-4-18(3)13-7-16-6-12(17-13)14(15)20/h6-7,10-11H,4-5,8-9H2,1-3H3,(H2,15,20)/t10-,11+. The van der Waals surface area contributed by atoms with Crippen LogP contribution in [0.3, 0.4) is 0 Å². The molecule has 0 unspecified atom stereocenters. The molecule has 2 atom stereocenters. The number of nitrogens with zero attached hydrogens (tertiary/aromatic N) is 4. The number of likely N-dealkylation sites (N-methyl/N-ethyl adjacent to an activating group) is 1. The number of nitrogens with two attached hydrogens (primary N) is 1. The van der Waals surface area contributed by atoms with Crippen molar-refractivity contribution in [2.24, 2.45) is 5.73 Å². The van der Waals surface area contributed by atoms with Gasteiger partial charge in [0.1, 0.15) is 11.5 Å². The maximum absolute atomic E-state index is 11.1. The molecule has 1 aliphatic rings. The maximum Gasteiger partial charge on any atom is 0.268 e. The van der Waals surface area contributed by atoms with Gasteiger partial charge in [-0.1, -0.05) is 0 Å². The molecule has 7 heteroatoms. The van der Waals surface area contributed by atoms with Gasteiger partial charge < -0.3 is 15.4 Å². The minimum absolute atomic E-state index is 0.188. The number of ether oxygens (including phenoxy) is 1. The average molecular weight is 293 g/mol. The lowest BCUT2D eigenvalue weighted by Gasteiger charge is -2.36. The number of primary amides is 1. The van der Waals surface area contributed by atoms with Crippen molar-refractivity contribution < 1.29 is 9.53 Å². The van der Waals surface area contributed by atoms with Crippen LogP contribution in [-0.2, 0) is 4.74 Å². The van der Waals surface area contributed by atoms with Gasteiger partial charge in [0.2, 0.25) is 0 Å². The second-order valence-electron chi connectivity index (χ2n) is 5.57. The van der Waals surface area contributed by atoms with Gasteiger partial charge in [0.25, 0.3) is 5.91 Å². The van der Waals surface area contributed by atoms with Gasteiger partial charge >= 0.3 is 0 Å². The third-order valence-electron chi connectivity index (χ3n) is 3.51. The summed E-state index contributed by atoms with van der Waals surface area (Å²) >= 11 is 0. The SMILES string of the molecule is C[C@@H]1CN(CCN(C)c2cncc(C(N)=O)n2)C[C@H](C)O1. The highest BCUT2D eigenvalue weighted by atomic mass is 16.5. The van der Waals surface area contributed by atoms with E-state index in [-0.39, 0.29) is 17.9 Å². The molecule has 1 aliphatic heterocycles. The van der Waals surface area contributed by atoms with Gasteiger partial charge in [0.05, 0.1) is 24.6 Å². The zero-order chi connectivity index (χ0) is 15.4. The lowest BCUT2D eigenvalue weighted by atomic mass is 10.2. The van der Waals surface area contributed by atoms with Crippen molar-refractivity contribution in [3.8, 4) is 0 Å². The fraction of sp³-hybridized carbons (Fsp3) is 0.643. The summed E-state index contributed by atoms with van der Waals surface area (Å²) in [6, 6.07) is 0. The van der Waals surface area contributed by atoms with Crippen LogP contribution in [0.5, 0.6) is 0 Å². The summed E-state index contributed by atoms with van der Waals surface area (Å²) in [5, 5.41) is 0. The van der Waals surface area contributed by atoms with Crippen LogP contribution in [0.4, 0.5) is 5.82 Å². The van der Waals surface area contributed by atoms with Gasteiger partial charge in [-0.05, 0) is 13.8 Å². The number of anilines is 1. The van der Waals surface area contributed by atoms with Crippen molar-refractivity contribution in [3.63, 3.8) is 0 Å². The largest absolute Gasteiger partial charge is 0.373 e. The third-order valence-corrected chi connectivity index (χ3v) is 3.51. The quantitative estimate of drug-likeness (QED) is 0.830. The van der Waals surface area contributed by atoms with E-state index in [1.54, 1.807) is 6.20 Å². The molecule has 1 fully saturated rings. The van der Waals surface area contributed by atoms with Crippen LogP contribution in [-0.4, -0.2) is 66.2 Å². The molecule has 0 aliphatic carbocycles. The topological polar surface area (TPSA) is 84.6 Å². The molecule has 0 saturated carbocycles. The Morgan fingerprint density at radius 1 is 1.43 bits per heavy atom. The molecule has 2 heterocycles. The number of aromatic nitrogens is 2. The molecular formula is C14H23N5O2. The average Bonchev–Trinajstić information content (AvgIpc) is 2.44. The molecule has 7 nitrogen and oxygen atoms in total. The van der Waals surface area contributed by atoms with Gasteiger partial charge in [-0.15, -0.1) is 0 Å². The van der Waals surface area contributed by atoms with Gasteiger partial charge in [0, 0.05) is 33.2 Å². The van der Waals surface area contributed by atoms with E-state index >= 15 is 0 Å². The van der Waals surface area contributed by atoms with Crippen LogP contribution in [0.15, 0.2) is 12.4 Å². The number of carbonyl (C=O) groups is 1. The normalized spacial score (nSPS) is 23.0. The van der Waals surface area contributed by atoms with Crippen LogP contribution in [0.1, 0.15) is 24.3 Å². The van der Waals surface area contributed by atoms with Crippen molar-refractivity contribution in [2.45, 2.75) is 26.1 Å². The molecule has 0 radical (unpaired) electrons. The van der Waals surface area contributed by atoms with Crippen molar-refractivity contribution in [3.05, 3.63) is 18.1 Å². The Morgan fingerprint density at radius 3 is 2.71 bits per heavy atom. The summed E-state index contributed by atoms with van der Waals surface area (Å²) in [4.78, 5) is 23.7. The van der Waals surface area contributed by atoms with Crippen molar-refractivity contribution in [1.29, 1.82) is 0 Å².